The minimum Gasteiger partial charge on any atom is -0.378 e. The molecule has 20 heavy (non-hydrogen) atoms. The number of piperazine rings is 1. The second-order valence-electron chi connectivity index (χ2n) is 5.81. The Morgan fingerprint density at radius 2 is 2.00 bits per heavy atom. The van der Waals surface area contributed by atoms with Gasteiger partial charge in [0.25, 0.3) is 0 Å². The van der Waals surface area contributed by atoms with Crippen molar-refractivity contribution in [2.75, 3.05) is 46.9 Å². The van der Waals surface area contributed by atoms with Gasteiger partial charge >= 0.3 is 0 Å². The lowest BCUT2D eigenvalue weighted by atomic mass is 10.1. The van der Waals surface area contributed by atoms with Gasteiger partial charge in [-0.15, -0.1) is 0 Å². The fourth-order valence-corrected chi connectivity index (χ4v) is 2.86. The van der Waals surface area contributed by atoms with Crippen LogP contribution in [0.25, 0.3) is 0 Å². The van der Waals surface area contributed by atoms with E-state index in [1.54, 1.807) is 9.80 Å². The molecule has 0 aromatic carbocycles. The molecule has 2 amide bonds. The maximum atomic E-state index is 12.4. The van der Waals surface area contributed by atoms with Crippen LogP contribution >= 0.6 is 0 Å². The summed E-state index contributed by atoms with van der Waals surface area (Å²) in [5.74, 6) is 0.172. The van der Waals surface area contributed by atoms with Crippen molar-refractivity contribution in [1.82, 2.24) is 14.7 Å². The van der Waals surface area contributed by atoms with E-state index in [1.165, 1.54) is 0 Å². The summed E-state index contributed by atoms with van der Waals surface area (Å²) in [7, 11) is 3.99. The lowest BCUT2D eigenvalue weighted by molar-refractivity contribution is -0.159. The predicted octanol–water partition coefficient (Wildman–Crippen LogP) is -0.214. The Bertz CT molecular complexity index is 373. The zero-order chi connectivity index (χ0) is 14.7. The molecule has 0 saturated carbocycles. The Morgan fingerprint density at radius 3 is 2.70 bits per heavy atom. The molecule has 0 N–H and O–H groups in total. The van der Waals surface area contributed by atoms with Gasteiger partial charge in [0.1, 0.15) is 12.1 Å². The molecule has 0 bridgehead atoms. The van der Waals surface area contributed by atoms with Gasteiger partial charge in [-0.3, -0.25) is 9.59 Å². The highest BCUT2D eigenvalue weighted by atomic mass is 16.5. The minimum absolute atomic E-state index is 0.0837. The van der Waals surface area contributed by atoms with Gasteiger partial charge < -0.3 is 19.4 Å². The molecule has 2 saturated heterocycles. The van der Waals surface area contributed by atoms with Crippen molar-refractivity contribution in [1.29, 1.82) is 0 Å². The van der Waals surface area contributed by atoms with E-state index in [4.69, 9.17) is 4.74 Å². The molecule has 114 valence electrons. The van der Waals surface area contributed by atoms with E-state index in [-0.39, 0.29) is 23.9 Å². The van der Waals surface area contributed by atoms with Gasteiger partial charge in [-0.25, -0.2) is 0 Å². The van der Waals surface area contributed by atoms with Crippen molar-refractivity contribution in [3.63, 3.8) is 0 Å². The van der Waals surface area contributed by atoms with Crippen molar-refractivity contribution in [3.05, 3.63) is 0 Å². The summed E-state index contributed by atoms with van der Waals surface area (Å²) in [5.41, 5.74) is 0. The summed E-state index contributed by atoms with van der Waals surface area (Å²) < 4.78 is 5.53. The maximum Gasteiger partial charge on any atom is 0.246 e. The zero-order valence-electron chi connectivity index (χ0n) is 12.7. The predicted molar refractivity (Wildman–Crippen MR) is 75.3 cm³/mol. The van der Waals surface area contributed by atoms with Crippen LogP contribution in [0.4, 0.5) is 0 Å². The summed E-state index contributed by atoms with van der Waals surface area (Å²) >= 11 is 0. The van der Waals surface area contributed by atoms with Gasteiger partial charge in [-0.05, 0) is 33.9 Å². The number of carbonyl (C=O) groups is 2. The zero-order valence-corrected chi connectivity index (χ0v) is 12.7. The molecular weight excluding hydrogens is 258 g/mol. The number of fused-ring (bicyclic) bond motifs is 1. The first-order chi connectivity index (χ1) is 9.52. The molecule has 2 atom stereocenters. The fourth-order valence-electron chi connectivity index (χ4n) is 2.86. The topological polar surface area (TPSA) is 53.1 Å². The third kappa shape index (κ3) is 3.12. The van der Waals surface area contributed by atoms with E-state index >= 15 is 0 Å². The number of rotatable bonds is 6. The number of amides is 2. The molecule has 0 aromatic rings. The van der Waals surface area contributed by atoms with Gasteiger partial charge in [0.05, 0.1) is 13.2 Å². The van der Waals surface area contributed by atoms with Crippen LogP contribution in [0, 0.1) is 0 Å². The lowest BCUT2D eigenvalue weighted by Crippen LogP contribution is -2.62. The Balaban J connectivity index is 1.84. The number of hydrogen-bond acceptors (Lipinski definition) is 4. The van der Waals surface area contributed by atoms with Crippen LogP contribution in [0.1, 0.15) is 19.8 Å². The van der Waals surface area contributed by atoms with Crippen molar-refractivity contribution in [2.45, 2.75) is 31.8 Å². The van der Waals surface area contributed by atoms with Crippen LogP contribution in [-0.2, 0) is 14.3 Å². The van der Waals surface area contributed by atoms with Crippen LogP contribution in [0.2, 0.25) is 0 Å². The van der Waals surface area contributed by atoms with Crippen molar-refractivity contribution < 1.29 is 14.3 Å². The minimum atomic E-state index is -0.353. The van der Waals surface area contributed by atoms with Crippen molar-refractivity contribution >= 4 is 11.8 Å². The highest BCUT2D eigenvalue weighted by Crippen LogP contribution is 2.26. The number of likely N-dealkylation sites (N-methyl/N-ethyl adjacent to an activating group) is 1. The monoisotopic (exact) mass is 283 g/mol. The van der Waals surface area contributed by atoms with Gasteiger partial charge in [0.2, 0.25) is 11.8 Å². The summed E-state index contributed by atoms with van der Waals surface area (Å²) in [4.78, 5) is 30.1. The average molecular weight is 283 g/mol. The second kappa shape index (κ2) is 6.54. The van der Waals surface area contributed by atoms with E-state index in [9.17, 15) is 9.59 Å². The maximum absolute atomic E-state index is 12.4. The molecule has 6 nitrogen and oxygen atoms in total. The molecule has 0 radical (unpaired) electrons. The first-order valence-electron chi connectivity index (χ1n) is 7.36. The summed E-state index contributed by atoms with van der Waals surface area (Å²) in [6.45, 7) is 5.04. The third-order valence-corrected chi connectivity index (χ3v) is 4.09. The van der Waals surface area contributed by atoms with Crippen LogP contribution in [0.15, 0.2) is 0 Å². The van der Waals surface area contributed by atoms with Gasteiger partial charge in [-0.1, -0.05) is 0 Å². The number of carbonyl (C=O) groups excluding carboxylic acids is 2. The fraction of sp³-hybridized carbons (Fsp3) is 0.857. The van der Waals surface area contributed by atoms with Crippen molar-refractivity contribution in [3.8, 4) is 0 Å². The van der Waals surface area contributed by atoms with E-state index in [0.717, 1.165) is 25.9 Å². The highest BCUT2D eigenvalue weighted by Gasteiger charge is 2.45. The quantitative estimate of drug-likeness (QED) is 0.633. The Hall–Kier alpha value is -1.14. The van der Waals surface area contributed by atoms with E-state index in [1.807, 2.05) is 21.0 Å². The SMILES string of the molecule is CC1C(=O)N2CCCC2C(=O)N1CCOCCN(C)C. The molecule has 2 unspecified atom stereocenters. The summed E-state index contributed by atoms with van der Waals surface area (Å²) in [5, 5.41) is 0. The van der Waals surface area contributed by atoms with E-state index in [2.05, 4.69) is 4.90 Å². The number of ether oxygens (including phenoxy) is 1. The average Bonchev–Trinajstić information content (AvgIpc) is 2.88. The van der Waals surface area contributed by atoms with Gasteiger partial charge in [0.15, 0.2) is 0 Å². The Labute approximate surface area is 120 Å². The Kier molecular flexibility index (Phi) is 4.99. The number of nitrogens with zero attached hydrogens (tertiary/aromatic N) is 3. The molecule has 2 aliphatic rings. The Morgan fingerprint density at radius 1 is 1.25 bits per heavy atom. The van der Waals surface area contributed by atoms with Crippen LogP contribution < -0.4 is 0 Å². The largest absolute Gasteiger partial charge is 0.378 e. The van der Waals surface area contributed by atoms with Crippen LogP contribution in [0.3, 0.4) is 0 Å². The normalized spacial score (nSPS) is 26.6. The smallest absolute Gasteiger partial charge is 0.246 e. The van der Waals surface area contributed by atoms with E-state index in [0.29, 0.717) is 19.8 Å². The summed E-state index contributed by atoms with van der Waals surface area (Å²) in [6.07, 6.45) is 1.73. The first kappa shape index (κ1) is 15.3. The van der Waals surface area contributed by atoms with Crippen LogP contribution in [-0.4, -0.2) is 85.5 Å². The van der Waals surface area contributed by atoms with Gasteiger partial charge in [-0.2, -0.15) is 0 Å². The highest BCUT2D eigenvalue weighted by molar-refractivity contribution is 5.97. The molecule has 2 heterocycles. The van der Waals surface area contributed by atoms with Crippen molar-refractivity contribution in [2.24, 2.45) is 0 Å². The van der Waals surface area contributed by atoms with E-state index < -0.39 is 0 Å². The standard InChI is InChI=1S/C14H25N3O3/c1-11-13(18)17-6-4-5-12(17)14(19)16(11)8-10-20-9-7-15(2)3/h11-12H,4-10H2,1-3H3. The summed E-state index contributed by atoms with van der Waals surface area (Å²) in [6, 6.07) is -0.574. The molecule has 0 aromatic heterocycles. The second-order valence-corrected chi connectivity index (χ2v) is 5.81. The number of hydrogen-bond donors (Lipinski definition) is 0. The molecule has 2 aliphatic heterocycles. The third-order valence-electron chi connectivity index (χ3n) is 4.09. The molecule has 2 fully saturated rings. The lowest BCUT2D eigenvalue weighted by Gasteiger charge is -2.40. The van der Waals surface area contributed by atoms with Crippen LogP contribution in [0.5, 0.6) is 0 Å². The molecule has 6 heteroatoms. The van der Waals surface area contributed by atoms with Gasteiger partial charge in [0, 0.05) is 19.6 Å². The molecule has 0 spiro atoms. The first-order valence-corrected chi connectivity index (χ1v) is 7.36. The molecular formula is C14H25N3O3. The molecule has 0 aliphatic carbocycles. The molecule has 2 rings (SSSR count).